The van der Waals surface area contributed by atoms with Gasteiger partial charge in [-0.25, -0.2) is 4.39 Å². The quantitative estimate of drug-likeness (QED) is 0.458. The fourth-order valence-corrected chi connectivity index (χ4v) is 2.10. The molecule has 0 bridgehead atoms. The van der Waals surface area contributed by atoms with Crippen LogP contribution in [0.5, 0.6) is 0 Å². The van der Waals surface area contributed by atoms with Gasteiger partial charge in [0.2, 0.25) is 0 Å². The second-order valence-electron chi connectivity index (χ2n) is 2.58. The maximum atomic E-state index is 12.8. The van der Waals surface area contributed by atoms with E-state index in [1.165, 1.54) is 12.1 Å². The van der Waals surface area contributed by atoms with Crippen LogP contribution < -0.4 is 0 Å². The van der Waals surface area contributed by atoms with Gasteiger partial charge < -0.3 is 0 Å². The van der Waals surface area contributed by atoms with Crippen molar-refractivity contribution in [2.75, 3.05) is 12.3 Å². The van der Waals surface area contributed by atoms with E-state index >= 15 is 0 Å². The molecule has 0 heterocycles. The number of halogens is 2. The second kappa shape index (κ2) is 5.70. The lowest BCUT2D eigenvalue weighted by Gasteiger charge is -2.01. The molecule has 0 aromatic heterocycles. The van der Waals surface area contributed by atoms with E-state index in [9.17, 15) is 8.60 Å². The average Bonchev–Trinajstić information content (AvgIpc) is 2.22. The van der Waals surface area contributed by atoms with E-state index in [1.807, 2.05) is 0 Å². The van der Waals surface area contributed by atoms with E-state index in [0.29, 0.717) is 4.90 Å². The Hall–Kier alpha value is -1.10. The van der Waals surface area contributed by atoms with Gasteiger partial charge in [-0.05, 0) is 23.7 Å². The summed E-state index contributed by atoms with van der Waals surface area (Å²) >= 11 is 5.53. The molecular formula is C8H7ClFN3OS. The fourth-order valence-electron chi connectivity index (χ4n) is 0.905. The number of nitrogens with zero attached hydrogens (tertiary/aromatic N) is 3. The highest BCUT2D eigenvalue weighted by Gasteiger charge is 2.06. The summed E-state index contributed by atoms with van der Waals surface area (Å²) in [6, 6.07) is 3.86. The third-order valence-electron chi connectivity index (χ3n) is 1.59. The molecule has 0 N–H and O–H groups in total. The minimum atomic E-state index is -1.32. The minimum absolute atomic E-state index is 0.0652. The standard InChI is InChI=1S/C8H7ClFN3OS/c9-7-5-6(1-2-8(7)10)15(14)4-3-12-13-11/h1-2,5H,3-4H2. The summed E-state index contributed by atoms with van der Waals surface area (Å²) in [5, 5.41) is 3.19. The molecule has 0 aliphatic heterocycles. The maximum absolute atomic E-state index is 12.8. The number of benzene rings is 1. The van der Waals surface area contributed by atoms with Gasteiger partial charge >= 0.3 is 0 Å². The molecule has 4 nitrogen and oxygen atoms in total. The van der Waals surface area contributed by atoms with Crippen LogP contribution in [0.25, 0.3) is 10.4 Å². The summed E-state index contributed by atoms with van der Waals surface area (Å²) in [7, 11) is -1.32. The third kappa shape index (κ3) is 3.51. The molecule has 0 amide bonds. The average molecular weight is 248 g/mol. The third-order valence-corrected chi connectivity index (χ3v) is 3.22. The molecule has 0 radical (unpaired) electrons. The van der Waals surface area contributed by atoms with Crippen LogP contribution in [-0.4, -0.2) is 16.5 Å². The lowest BCUT2D eigenvalue weighted by Crippen LogP contribution is -2.01. The van der Waals surface area contributed by atoms with Crippen molar-refractivity contribution in [3.63, 3.8) is 0 Å². The Morgan fingerprint density at radius 1 is 1.60 bits per heavy atom. The largest absolute Gasteiger partial charge is 0.254 e. The number of azide groups is 1. The monoisotopic (exact) mass is 247 g/mol. The highest BCUT2D eigenvalue weighted by Crippen LogP contribution is 2.18. The van der Waals surface area contributed by atoms with Crippen LogP contribution in [0.4, 0.5) is 4.39 Å². The minimum Gasteiger partial charge on any atom is -0.254 e. The molecular weight excluding hydrogens is 241 g/mol. The van der Waals surface area contributed by atoms with Crippen molar-refractivity contribution >= 4 is 22.4 Å². The molecule has 15 heavy (non-hydrogen) atoms. The molecule has 80 valence electrons. The first-order valence-corrected chi connectivity index (χ1v) is 5.69. The van der Waals surface area contributed by atoms with E-state index in [1.54, 1.807) is 0 Å². The number of hydrogen-bond acceptors (Lipinski definition) is 2. The Kier molecular flexibility index (Phi) is 4.55. The van der Waals surface area contributed by atoms with Crippen LogP contribution in [0.2, 0.25) is 5.02 Å². The lowest BCUT2D eigenvalue weighted by molar-refractivity contribution is 0.626. The Morgan fingerprint density at radius 2 is 2.33 bits per heavy atom. The molecule has 1 atom stereocenters. The fraction of sp³-hybridized carbons (Fsp3) is 0.250. The summed E-state index contributed by atoms with van der Waals surface area (Å²) in [6.07, 6.45) is 0. The van der Waals surface area contributed by atoms with Crippen molar-refractivity contribution < 1.29 is 8.60 Å². The summed E-state index contributed by atoms with van der Waals surface area (Å²) in [4.78, 5) is 2.96. The van der Waals surface area contributed by atoms with E-state index in [4.69, 9.17) is 17.1 Å². The summed E-state index contributed by atoms with van der Waals surface area (Å²) in [5.41, 5.74) is 8.02. The SMILES string of the molecule is [N-]=[N+]=NCCS(=O)c1ccc(F)c(Cl)c1. The Morgan fingerprint density at radius 3 is 2.93 bits per heavy atom. The van der Waals surface area contributed by atoms with Gasteiger partial charge in [0.15, 0.2) is 0 Å². The molecule has 1 unspecified atom stereocenters. The van der Waals surface area contributed by atoms with Crippen molar-refractivity contribution in [3.05, 3.63) is 39.5 Å². The van der Waals surface area contributed by atoms with Gasteiger partial charge in [-0.2, -0.15) is 0 Å². The van der Waals surface area contributed by atoms with Crippen LogP contribution in [0.15, 0.2) is 28.2 Å². The Balaban J connectivity index is 2.74. The van der Waals surface area contributed by atoms with Gasteiger partial charge in [-0.3, -0.25) is 4.21 Å². The predicted molar refractivity (Wildman–Crippen MR) is 56.7 cm³/mol. The van der Waals surface area contributed by atoms with E-state index in [0.717, 1.165) is 6.07 Å². The lowest BCUT2D eigenvalue weighted by atomic mass is 10.3. The van der Waals surface area contributed by atoms with Crippen molar-refractivity contribution in [1.82, 2.24) is 0 Å². The summed E-state index contributed by atoms with van der Waals surface area (Å²) in [5.74, 6) is -0.348. The van der Waals surface area contributed by atoms with Gasteiger partial charge in [-0.1, -0.05) is 16.7 Å². The molecule has 0 aliphatic rings. The normalized spacial score (nSPS) is 11.9. The Bertz CT molecular complexity index is 434. The Labute approximate surface area is 93.1 Å². The van der Waals surface area contributed by atoms with Crippen LogP contribution in [0, 0.1) is 5.82 Å². The summed E-state index contributed by atoms with van der Waals surface area (Å²) in [6.45, 7) is 0.137. The second-order valence-corrected chi connectivity index (χ2v) is 4.56. The van der Waals surface area contributed by atoms with Crippen molar-refractivity contribution in [2.24, 2.45) is 5.11 Å². The topological polar surface area (TPSA) is 65.8 Å². The zero-order chi connectivity index (χ0) is 11.3. The van der Waals surface area contributed by atoms with Crippen molar-refractivity contribution in [2.45, 2.75) is 4.90 Å². The van der Waals surface area contributed by atoms with Crippen molar-refractivity contribution in [3.8, 4) is 0 Å². The van der Waals surface area contributed by atoms with E-state index in [-0.39, 0.29) is 17.3 Å². The zero-order valence-corrected chi connectivity index (χ0v) is 9.13. The molecule has 0 aliphatic carbocycles. The number of hydrogen-bond donors (Lipinski definition) is 0. The van der Waals surface area contributed by atoms with Crippen molar-refractivity contribution in [1.29, 1.82) is 0 Å². The predicted octanol–water partition coefficient (Wildman–Crippen LogP) is 2.90. The molecule has 1 aromatic carbocycles. The molecule has 1 rings (SSSR count). The van der Waals surface area contributed by atoms with Crippen LogP contribution in [-0.2, 0) is 10.8 Å². The maximum Gasteiger partial charge on any atom is 0.141 e. The van der Waals surface area contributed by atoms with Crippen LogP contribution >= 0.6 is 11.6 Å². The summed E-state index contributed by atoms with van der Waals surface area (Å²) < 4.78 is 24.3. The molecule has 0 saturated heterocycles. The van der Waals surface area contributed by atoms with Gasteiger partial charge in [0, 0.05) is 22.1 Å². The molecule has 7 heteroatoms. The first-order chi connectivity index (χ1) is 7.15. The molecule has 0 spiro atoms. The molecule has 1 aromatic rings. The molecule has 0 saturated carbocycles. The highest BCUT2D eigenvalue weighted by atomic mass is 35.5. The van der Waals surface area contributed by atoms with E-state index < -0.39 is 16.6 Å². The van der Waals surface area contributed by atoms with E-state index in [2.05, 4.69) is 10.0 Å². The first-order valence-electron chi connectivity index (χ1n) is 3.99. The van der Waals surface area contributed by atoms with Crippen LogP contribution in [0.1, 0.15) is 0 Å². The smallest absolute Gasteiger partial charge is 0.141 e. The highest BCUT2D eigenvalue weighted by molar-refractivity contribution is 7.85. The first kappa shape index (κ1) is 12.0. The van der Waals surface area contributed by atoms with Gasteiger partial charge in [0.1, 0.15) is 5.82 Å². The zero-order valence-electron chi connectivity index (χ0n) is 7.56. The van der Waals surface area contributed by atoms with Gasteiger partial charge in [0.25, 0.3) is 0 Å². The van der Waals surface area contributed by atoms with Gasteiger partial charge in [-0.15, -0.1) is 0 Å². The van der Waals surface area contributed by atoms with Gasteiger partial charge in [0.05, 0.1) is 15.8 Å². The van der Waals surface area contributed by atoms with Crippen LogP contribution in [0.3, 0.4) is 0 Å². The molecule has 0 fully saturated rings. The number of rotatable bonds is 4.